The Bertz CT molecular complexity index is 436. The number of benzene rings is 1. The van der Waals surface area contributed by atoms with Crippen molar-refractivity contribution in [3.63, 3.8) is 0 Å². The van der Waals surface area contributed by atoms with E-state index >= 15 is 0 Å². The predicted octanol–water partition coefficient (Wildman–Crippen LogP) is 1.11. The molecule has 1 amide bonds. The number of rotatable bonds is 3. The van der Waals surface area contributed by atoms with Gasteiger partial charge in [-0.2, -0.15) is 0 Å². The van der Waals surface area contributed by atoms with Crippen LogP contribution in [-0.2, 0) is 11.3 Å². The van der Waals surface area contributed by atoms with Crippen molar-refractivity contribution >= 4 is 23.2 Å². The van der Waals surface area contributed by atoms with Crippen molar-refractivity contribution < 1.29 is 4.79 Å². The average molecular weight is 254 g/mol. The largest absolute Gasteiger partial charge is 0.370 e. The number of hydrogen-bond donors (Lipinski definition) is 2. The van der Waals surface area contributed by atoms with E-state index in [4.69, 9.17) is 23.1 Å². The maximum Gasteiger partial charge on any atom is 0.222 e. The Hall–Kier alpha value is -1.26. The molecule has 1 atom stereocenters. The third-order valence-electron chi connectivity index (χ3n) is 3.18. The van der Waals surface area contributed by atoms with Gasteiger partial charge in [0.15, 0.2) is 0 Å². The standard InChI is InChI=1S/C12H16ClN3O/c13-10-5-8(6-14)1-2-11(10)16-4-3-9(7-16)12(15)17/h1-2,5,9H,3-4,6-7,14H2,(H2,15,17). The third-order valence-corrected chi connectivity index (χ3v) is 3.48. The first-order chi connectivity index (χ1) is 8.11. The molecule has 1 saturated heterocycles. The molecule has 1 aliphatic heterocycles. The highest BCUT2D eigenvalue weighted by molar-refractivity contribution is 6.33. The number of primary amides is 1. The fourth-order valence-corrected chi connectivity index (χ4v) is 2.47. The van der Waals surface area contributed by atoms with Gasteiger partial charge in [-0.15, -0.1) is 0 Å². The van der Waals surface area contributed by atoms with E-state index in [1.54, 1.807) is 0 Å². The normalized spacial score (nSPS) is 19.6. The minimum absolute atomic E-state index is 0.0692. The Morgan fingerprint density at radius 3 is 2.82 bits per heavy atom. The SMILES string of the molecule is NCc1ccc(N2CCC(C(N)=O)C2)c(Cl)c1. The fraction of sp³-hybridized carbons (Fsp3) is 0.417. The van der Waals surface area contributed by atoms with E-state index in [0.717, 1.165) is 24.2 Å². The summed E-state index contributed by atoms with van der Waals surface area (Å²) < 4.78 is 0. The lowest BCUT2D eigenvalue weighted by Gasteiger charge is -2.20. The molecule has 4 N–H and O–H groups in total. The van der Waals surface area contributed by atoms with E-state index in [-0.39, 0.29) is 11.8 Å². The van der Waals surface area contributed by atoms with Crippen molar-refractivity contribution in [3.8, 4) is 0 Å². The first kappa shape index (κ1) is 12.2. The zero-order chi connectivity index (χ0) is 12.4. The summed E-state index contributed by atoms with van der Waals surface area (Å²) in [5, 5.41) is 0.679. The van der Waals surface area contributed by atoms with Gasteiger partial charge in [0.05, 0.1) is 16.6 Å². The van der Waals surface area contributed by atoms with Crippen LogP contribution in [-0.4, -0.2) is 19.0 Å². The molecule has 0 aliphatic carbocycles. The van der Waals surface area contributed by atoms with Crippen LogP contribution in [0.4, 0.5) is 5.69 Å². The summed E-state index contributed by atoms with van der Waals surface area (Å²) in [6.45, 7) is 1.94. The van der Waals surface area contributed by atoms with Gasteiger partial charge >= 0.3 is 0 Å². The minimum atomic E-state index is -0.234. The van der Waals surface area contributed by atoms with E-state index in [0.29, 0.717) is 18.1 Å². The minimum Gasteiger partial charge on any atom is -0.370 e. The van der Waals surface area contributed by atoms with Crippen LogP contribution < -0.4 is 16.4 Å². The van der Waals surface area contributed by atoms with Crippen LogP contribution in [0.3, 0.4) is 0 Å². The highest BCUT2D eigenvalue weighted by atomic mass is 35.5. The summed E-state index contributed by atoms with van der Waals surface area (Å²) in [5.41, 5.74) is 12.8. The number of nitrogens with two attached hydrogens (primary N) is 2. The van der Waals surface area contributed by atoms with Gasteiger partial charge in [-0.1, -0.05) is 17.7 Å². The van der Waals surface area contributed by atoms with Crippen LogP contribution in [0, 0.1) is 5.92 Å². The monoisotopic (exact) mass is 253 g/mol. The van der Waals surface area contributed by atoms with Gasteiger partial charge in [0.2, 0.25) is 5.91 Å². The molecule has 1 aliphatic rings. The van der Waals surface area contributed by atoms with Crippen molar-refractivity contribution in [1.82, 2.24) is 0 Å². The van der Waals surface area contributed by atoms with Crippen molar-refractivity contribution in [2.24, 2.45) is 17.4 Å². The van der Waals surface area contributed by atoms with Gasteiger partial charge in [-0.25, -0.2) is 0 Å². The fourth-order valence-electron chi connectivity index (χ4n) is 2.15. The smallest absolute Gasteiger partial charge is 0.222 e. The molecule has 92 valence electrons. The van der Waals surface area contributed by atoms with Crippen molar-refractivity contribution in [1.29, 1.82) is 0 Å². The van der Waals surface area contributed by atoms with E-state index in [1.165, 1.54) is 0 Å². The summed E-state index contributed by atoms with van der Waals surface area (Å²) in [7, 11) is 0. The Labute approximate surface area is 106 Å². The first-order valence-corrected chi connectivity index (χ1v) is 6.02. The molecule has 0 aromatic heterocycles. The van der Waals surface area contributed by atoms with Crippen LogP contribution in [0.2, 0.25) is 5.02 Å². The topological polar surface area (TPSA) is 72.3 Å². The van der Waals surface area contributed by atoms with Crippen LogP contribution in [0.5, 0.6) is 0 Å². The molecule has 0 radical (unpaired) electrons. The van der Waals surface area contributed by atoms with Gasteiger partial charge in [-0.05, 0) is 24.1 Å². The van der Waals surface area contributed by atoms with Crippen molar-refractivity contribution in [3.05, 3.63) is 28.8 Å². The number of amides is 1. The molecular weight excluding hydrogens is 238 g/mol. The van der Waals surface area contributed by atoms with Gasteiger partial charge in [-0.3, -0.25) is 4.79 Å². The van der Waals surface area contributed by atoms with E-state index < -0.39 is 0 Å². The summed E-state index contributed by atoms with van der Waals surface area (Å²) in [5.74, 6) is -0.303. The molecular formula is C12H16ClN3O. The second-order valence-corrected chi connectivity index (χ2v) is 4.73. The number of halogens is 1. The highest BCUT2D eigenvalue weighted by Gasteiger charge is 2.27. The zero-order valence-corrected chi connectivity index (χ0v) is 10.3. The Kier molecular flexibility index (Phi) is 3.54. The molecule has 1 aromatic carbocycles. The highest BCUT2D eigenvalue weighted by Crippen LogP contribution is 2.31. The van der Waals surface area contributed by atoms with Crippen molar-refractivity contribution in [2.45, 2.75) is 13.0 Å². The maximum atomic E-state index is 11.1. The second kappa shape index (κ2) is 4.94. The molecule has 1 aromatic rings. The molecule has 0 spiro atoms. The summed E-state index contributed by atoms with van der Waals surface area (Å²) in [6.07, 6.45) is 0.796. The van der Waals surface area contributed by atoms with Crippen LogP contribution >= 0.6 is 11.6 Å². The molecule has 1 unspecified atom stereocenters. The number of anilines is 1. The molecule has 4 nitrogen and oxygen atoms in total. The van der Waals surface area contributed by atoms with Gasteiger partial charge in [0.25, 0.3) is 0 Å². The Morgan fingerprint density at radius 2 is 2.29 bits per heavy atom. The Morgan fingerprint density at radius 1 is 1.53 bits per heavy atom. The molecule has 5 heteroatoms. The average Bonchev–Trinajstić information content (AvgIpc) is 2.78. The van der Waals surface area contributed by atoms with E-state index in [1.807, 2.05) is 18.2 Å². The lowest BCUT2D eigenvalue weighted by molar-refractivity contribution is -0.121. The predicted molar refractivity (Wildman–Crippen MR) is 68.9 cm³/mol. The molecule has 2 rings (SSSR count). The number of nitrogens with zero attached hydrogens (tertiary/aromatic N) is 1. The number of carbonyl (C=O) groups is 1. The molecule has 1 heterocycles. The van der Waals surface area contributed by atoms with Crippen molar-refractivity contribution in [2.75, 3.05) is 18.0 Å². The van der Waals surface area contributed by atoms with Crippen LogP contribution in [0.25, 0.3) is 0 Å². The zero-order valence-electron chi connectivity index (χ0n) is 9.53. The van der Waals surface area contributed by atoms with E-state index in [2.05, 4.69) is 4.90 Å². The molecule has 0 saturated carbocycles. The Balaban J connectivity index is 2.16. The lowest BCUT2D eigenvalue weighted by Crippen LogP contribution is -2.27. The maximum absolute atomic E-state index is 11.1. The molecule has 1 fully saturated rings. The molecule has 0 bridgehead atoms. The van der Waals surface area contributed by atoms with Crippen LogP contribution in [0.15, 0.2) is 18.2 Å². The second-order valence-electron chi connectivity index (χ2n) is 4.32. The van der Waals surface area contributed by atoms with E-state index in [9.17, 15) is 4.79 Å². The van der Waals surface area contributed by atoms with Crippen LogP contribution in [0.1, 0.15) is 12.0 Å². The number of carbonyl (C=O) groups excluding carboxylic acids is 1. The first-order valence-electron chi connectivity index (χ1n) is 5.64. The third kappa shape index (κ3) is 2.53. The lowest BCUT2D eigenvalue weighted by atomic mass is 10.1. The van der Waals surface area contributed by atoms with Gasteiger partial charge in [0, 0.05) is 19.6 Å². The molecule has 17 heavy (non-hydrogen) atoms. The summed E-state index contributed by atoms with van der Waals surface area (Å²) in [6, 6.07) is 5.78. The summed E-state index contributed by atoms with van der Waals surface area (Å²) in [4.78, 5) is 13.2. The van der Waals surface area contributed by atoms with Gasteiger partial charge in [0.1, 0.15) is 0 Å². The summed E-state index contributed by atoms with van der Waals surface area (Å²) >= 11 is 6.20. The quantitative estimate of drug-likeness (QED) is 0.848. The number of hydrogen-bond acceptors (Lipinski definition) is 3. The van der Waals surface area contributed by atoms with Gasteiger partial charge < -0.3 is 16.4 Å².